The van der Waals surface area contributed by atoms with E-state index in [1.807, 2.05) is 18.2 Å². The highest BCUT2D eigenvalue weighted by Crippen LogP contribution is 2.58. The second-order valence-corrected chi connectivity index (χ2v) is 6.80. The van der Waals surface area contributed by atoms with Crippen LogP contribution in [0.1, 0.15) is 34.6 Å². The fourth-order valence-electron chi connectivity index (χ4n) is 4.68. The molecule has 0 spiro atoms. The van der Waals surface area contributed by atoms with Crippen LogP contribution < -0.4 is 0 Å². The summed E-state index contributed by atoms with van der Waals surface area (Å²) in [6, 6.07) is 16.6. The zero-order valence-corrected chi connectivity index (χ0v) is 13.5. The van der Waals surface area contributed by atoms with Gasteiger partial charge in [-0.15, -0.1) is 0 Å². The third-order valence-corrected chi connectivity index (χ3v) is 5.67. The van der Waals surface area contributed by atoms with E-state index < -0.39 is 5.60 Å². The van der Waals surface area contributed by atoms with Gasteiger partial charge in [0.15, 0.2) is 0 Å². The van der Waals surface area contributed by atoms with Crippen molar-refractivity contribution in [3.8, 4) is 0 Å². The van der Waals surface area contributed by atoms with E-state index >= 15 is 0 Å². The maximum absolute atomic E-state index is 12.8. The molecule has 1 aliphatic heterocycles. The maximum atomic E-state index is 12.8. The number of aryl methyl sites for hydroxylation is 1. The van der Waals surface area contributed by atoms with E-state index in [-0.39, 0.29) is 11.9 Å². The number of carbonyl (C=O) groups excluding carboxylic acids is 1. The monoisotopic (exact) mass is 318 g/mol. The van der Waals surface area contributed by atoms with Crippen LogP contribution in [0.5, 0.6) is 0 Å². The van der Waals surface area contributed by atoms with Crippen LogP contribution in [0.4, 0.5) is 0 Å². The van der Waals surface area contributed by atoms with Crippen LogP contribution in [0, 0.1) is 0 Å². The first kappa shape index (κ1) is 13.8. The van der Waals surface area contributed by atoms with Crippen LogP contribution >= 0.6 is 0 Å². The molecule has 0 unspecified atom stereocenters. The molecule has 5 rings (SSSR count). The van der Waals surface area contributed by atoms with Gasteiger partial charge in [-0.25, -0.2) is 4.79 Å². The van der Waals surface area contributed by atoms with Gasteiger partial charge in [-0.2, -0.15) is 0 Å². The first-order valence-electron chi connectivity index (χ1n) is 8.41. The number of methoxy groups -OCH3 is 1. The van der Waals surface area contributed by atoms with Crippen molar-refractivity contribution >= 4 is 11.7 Å². The molecule has 2 aliphatic carbocycles. The summed E-state index contributed by atoms with van der Waals surface area (Å²) in [5.41, 5.74) is 5.16. The molecule has 0 N–H and O–H groups in total. The number of fused-ring (bicyclic) bond motifs is 6. The van der Waals surface area contributed by atoms with Crippen LogP contribution in [0.15, 0.2) is 54.1 Å². The minimum atomic E-state index is -0.930. The highest BCUT2D eigenvalue weighted by atomic mass is 16.6. The van der Waals surface area contributed by atoms with Gasteiger partial charge >= 0.3 is 5.97 Å². The normalized spacial score (nSPS) is 26.1. The van der Waals surface area contributed by atoms with Gasteiger partial charge in [0, 0.05) is 12.0 Å². The van der Waals surface area contributed by atoms with Gasteiger partial charge in [-0.3, -0.25) is 0 Å². The molecule has 0 saturated carbocycles. The number of rotatable bonds is 1. The van der Waals surface area contributed by atoms with Crippen LogP contribution in [-0.4, -0.2) is 18.7 Å². The quantitative estimate of drug-likeness (QED) is 0.753. The molecule has 120 valence electrons. The summed E-state index contributed by atoms with van der Waals surface area (Å²) in [7, 11) is 1.45. The van der Waals surface area contributed by atoms with E-state index in [0.717, 1.165) is 24.2 Å². The van der Waals surface area contributed by atoms with Crippen molar-refractivity contribution in [3.05, 3.63) is 76.4 Å². The van der Waals surface area contributed by atoms with Gasteiger partial charge in [0.2, 0.25) is 5.60 Å². The van der Waals surface area contributed by atoms with Crippen LogP contribution in [0.25, 0.3) is 5.76 Å². The molecule has 0 aromatic heterocycles. The van der Waals surface area contributed by atoms with E-state index in [1.54, 1.807) is 0 Å². The van der Waals surface area contributed by atoms with Gasteiger partial charge in [-0.05, 0) is 35.1 Å². The summed E-state index contributed by atoms with van der Waals surface area (Å²) in [6.45, 7) is 0. The lowest BCUT2D eigenvalue weighted by atomic mass is 9.78. The average Bonchev–Trinajstić information content (AvgIpc) is 3.13. The molecule has 3 heteroatoms. The Balaban J connectivity index is 1.73. The Labute approximate surface area is 140 Å². The predicted molar refractivity (Wildman–Crippen MR) is 90.4 cm³/mol. The van der Waals surface area contributed by atoms with Crippen molar-refractivity contribution < 1.29 is 14.3 Å². The van der Waals surface area contributed by atoms with Crippen LogP contribution in [-0.2, 0) is 27.1 Å². The molecule has 0 fully saturated rings. The minimum absolute atomic E-state index is 0.0236. The van der Waals surface area contributed by atoms with E-state index in [9.17, 15) is 4.79 Å². The van der Waals surface area contributed by atoms with E-state index in [2.05, 4.69) is 30.3 Å². The molecule has 1 heterocycles. The summed E-state index contributed by atoms with van der Waals surface area (Å²) in [4.78, 5) is 12.8. The Morgan fingerprint density at radius 1 is 1.08 bits per heavy atom. The number of carbonyl (C=O) groups is 1. The molecule has 2 aromatic carbocycles. The Kier molecular flexibility index (Phi) is 2.73. The highest BCUT2D eigenvalue weighted by Gasteiger charge is 2.61. The summed E-state index contributed by atoms with van der Waals surface area (Å²) in [6.07, 6.45) is 2.51. The smallest absolute Gasteiger partial charge is 0.351 e. The third kappa shape index (κ3) is 1.59. The molecule has 0 radical (unpaired) electrons. The number of hydrogen-bond donors (Lipinski definition) is 0. The van der Waals surface area contributed by atoms with Gasteiger partial charge in [0.05, 0.1) is 13.0 Å². The third-order valence-electron chi connectivity index (χ3n) is 5.67. The molecule has 0 bridgehead atoms. The van der Waals surface area contributed by atoms with Crippen molar-refractivity contribution in [1.82, 2.24) is 0 Å². The summed E-state index contributed by atoms with van der Waals surface area (Å²) < 4.78 is 11.6. The Bertz CT molecular complexity index is 895. The summed E-state index contributed by atoms with van der Waals surface area (Å²) in [5, 5.41) is 0. The fraction of sp³-hybridized carbons (Fsp3) is 0.286. The molecule has 3 nitrogen and oxygen atoms in total. The Hall–Kier alpha value is -2.55. The Morgan fingerprint density at radius 3 is 2.67 bits per heavy atom. The lowest BCUT2D eigenvalue weighted by Gasteiger charge is -2.27. The van der Waals surface area contributed by atoms with E-state index in [0.29, 0.717) is 6.42 Å². The van der Waals surface area contributed by atoms with E-state index in [4.69, 9.17) is 9.47 Å². The molecule has 0 amide bonds. The summed E-state index contributed by atoms with van der Waals surface area (Å²) in [5.74, 6) is 0.613. The zero-order valence-electron chi connectivity index (χ0n) is 13.5. The number of esters is 1. The molecule has 3 aliphatic rings. The fourth-order valence-corrected chi connectivity index (χ4v) is 4.68. The summed E-state index contributed by atoms with van der Waals surface area (Å²) >= 11 is 0. The average molecular weight is 318 g/mol. The Morgan fingerprint density at radius 2 is 1.83 bits per heavy atom. The van der Waals surface area contributed by atoms with Gasteiger partial charge in [-0.1, -0.05) is 48.5 Å². The molecule has 24 heavy (non-hydrogen) atoms. The highest BCUT2D eigenvalue weighted by molar-refractivity contribution is 5.90. The maximum Gasteiger partial charge on any atom is 0.351 e. The molecule has 2 aromatic rings. The predicted octanol–water partition coefficient (Wildman–Crippen LogP) is 3.63. The van der Waals surface area contributed by atoms with Crippen molar-refractivity contribution in [2.24, 2.45) is 0 Å². The van der Waals surface area contributed by atoms with Gasteiger partial charge < -0.3 is 9.47 Å². The lowest BCUT2D eigenvalue weighted by molar-refractivity contribution is -0.160. The van der Waals surface area contributed by atoms with Crippen molar-refractivity contribution in [3.63, 3.8) is 0 Å². The topological polar surface area (TPSA) is 35.5 Å². The zero-order chi connectivity index (χ0) is 16.3. The van der Waals surface area contributed by atoms with Gasteiger partial charge in [0.1, 0.15) is 5.76 Å². The van der Waals surface area contributed by atoms with E-state index in [1.165, 1.54) is 29.4 Å². The van der Waals surface area contributed by atoms with Crippen LogP contribution in [0.2, 0.25) is 0 Å². The van der Waals surface area contributed by atoms with Crippen molar-refractivity contribution in [2.75, 3.05) is 7.11 Å². The first-order chi connectivity index (χ1) is 11.7. The standard InChI is InChI=1S/C21H18O3/c1-23-20(22)21-12-14-7-3-4-8-15(14)18(21)17-11-10-13-6-2-5-9-16(13)19(17)24-21/h2-9,18H,10-12H2,1H3/t18-,21-/m1/s1. The van der Waals surface area contributed by atoms with Crippen molar-refractivity contribution in [1.29, 1.82) is 0 Å². The lowest BCUT2D eigenvalue weighted by Crippen LogP contribution is -2.43. The number of ether oxygens (including phenoxy) is 2. The first-order valence-corrected chi connectivity index (χ1v) is 8.41. The molecule has 2 atom stereocenters. The van der Waals surface area contributed by atoms with Gasteiger partial charge in [0.25, 0.3) is 0 Å². The second-order valence-electron chi connectivity index (χ2n) is 6.80. The number of benzene rings is 2. The molecular weight excluding hydrogens is 300 g/mol. The SMILES string of the molecule is COC(=O)[C@@]12Cc3ccccc3[C@@H]1C1=C(O2)c2ccccc2CC1. The van der Waals surface area contributed by atoms with Crippen LogP contribution in [0.3, 0.4) is 0 Å². The van der Waals surface area contributed by atoms with Crippen molar-refractivity contribution in [2.45, 2.75) is 30.8 Å². The second kappa shape index (κ2) is 4.73. The minimum Gasteiger partial charge on any atom is -0.474 e. The largest absolute Gasteiger partial charge is 0.474 e. The number of hydrogen-bond acceptors (Lipinski definition) is 3. The molecular formula is C21H18O3. The molecule has 0 saturated heterocycles.